The van der Waals surface area contributed by atoms with Crippen molar-refractivity contribution < 1.29 is 19.5 Å². The van der Waals surface area contributed by atoms with Crippen molar-refractivity contribution in [2.45, 2.75) is 58.1 Å². The van der Waals surface area contributed by atoms with Gasteiger partial charge in [0, 0.05) is 20.0 Å². The Kier molecular flexibility index (Phi) is 10.3. The van der Waals surface area contributed by atoms with Gasteiger partial charge in [-0.1, -0.05) is 11.3 Å². The van der Waals surface area contributed by atoms with Crippen molar-refractivity contribution in [1.29, 1.82) is 0 Å². The third kappa shape index (κ3) is 10.6. The van der Waals surface area contributed by atoms with Crippen LogP contribution in [0.2, 0.25) is 0 Å². The minimum absolute atomic E-state index is 0.208. The van der Waals surface area contributed by atoms with Crippen LogP contribution in [-0.2, 0) is 9.53 Å². The number of ether oxygens (including phenoxy) is 1. The summed E-state index contributed by atoms with van der Waals surface area (Å²) in [6.07, 6.45) is 3.39. The molecular weight excluding hydrogens is 248 g/mol. The minimum Gasteiger partial charge on any atom is -0.600 e. The number of nitrogens with zero attached hydrogens (tertiary/aromatic N) is 2. The largest absolute Gasteiger partial charge is 0.600 e. The Hall–Kier alpha value is -1.01. The number of methoxy groups -OCH3 is 1. The van der Waals surface area contributed by atoms with Crippen LogP contribution in [0, 0.1) is 5.21 Å². The monoisotopic (exact) mass is 274 g/mol. The van der Waals surface area contributed by atoms with E-state index in [4.69, 9.17) is 4.74 Å². The number of Topliss-reactive ketones (excluding diaryl/α,β-unsaturated/α-hetero) is 1. The molecule has 0 heterocycles. The second-order valence-electron chi connectivity index (χ2n) is 4.82. The SMILES string of the molecule is COC[C@H](N=[N+]([O-])CCCCCCC(C)=O)[C@H](C)O. The van der Waals surface area contributed by atoms with Crippen LogP contribution in [0.25, 0.3) is 0 Å². The normalized spacial score (nSPS) is 15.3. The van der Waals surface area contributed by atoms with E-state index in [-0.39, 0.29) is 12.4 Å². The van der Waals surface area contributed by atoms with Gasteiger partial charge in [-0.2, -0.15) is 0 Å². The fourth-order valence-electron chi connectivity index (χ4n) is 1.64. The molecule has 2 atom stereocenters. The Bertz CT molecular complexity index is 280. The summed E-state index contributed by atoms with van der Waals surface area (Å²) in [7, 11) is 1.51. The van der Waals surface area contributed by atoms with E-state index < -0.39 is 12.1 Å². The van der Waals surface area contributed by atoms with Crippen molar-refractivity contribution in [3.05, 3.63) is 5.21 Å². The first-order valence-corrected chi connectivity index (χ1v) is 6.79. The van der Waals surface area contributed by atoms with Gasteiger partial charge in [-0.05, 0) is 31.8 Å². The molecule has 0 aliphatic carbocycles. The van der Waals surface area contributed by atoms with Crippen LogP contribution in [0.4, 0.5) is 0 Å². The molecule has 0 aromatic rings. The molecule has 112 valence electrons. The zero-order chi connectivity index (χ0) is 14.7. The van der Waals surface area contributed by atoms with Crippen LogP contribution in [0.15, 0.2) is 5.11 Å². The molecule has 0 fully saturated rings. The van der Waals surface area contributed by atoms with Crippen molar-refractivity contribution in [2.24, 2.45) is 5.11 Å². The molecule has 19 heavy (non-hydrogen) atoms. The molecule has 0 aliphatic rings. The number of hydroxylamine groups is 1. The number of unbranched alkanes of at least 4 members (excludes halogenated alkanes) is 3. The highest BCUT2D eigenvalue weighted by Crippen LogP contribution is 2.05. The van der Waals surface area contributed by atoms with E-state index in [1.165, 1.54) is 7.11 Å². The highest BCUT2D eigenvalue weighted by atomic mass is 16.5. The topological polar surface area (TPSA) is 85.0 Å². The molecule has 0 bridgehead atoms. The summed E-state index contributed by atoms with van der Waals surface area (Å²) in [6, 6.07) is -0.514. The van der Waals surface area contributed by atoms with Crippen molar-refractivity contribution in [3.8, 4) is 0 Å². The van der Waals surface area contributed by atoms with Gasteiger partial charge < -0.3 is 19.8 Å². The fourth-order valence-corrected chi connectivity index (χ4v) is 1.64. The zero-order valence-electron chi connectivity index (χ0n) is 12.2. The fraction of sp³-hybridized carbons (Fsp3) is 0.923. The Balaban J connectivity index is 3.82. The van der Waals surface area contributed by atoms with Gasteiger partial charge in [0.05, 0.1) is 12.7 Å². The maximum atomic E-state index is 11.5. The van der Waals surface area contributed by atoms with E-state index in [0.717, 1.165) is 25.7 Å². The molecule has 0 saturated carbocycles. The first-order chi connectivity index (χ1) is 8.97. The van der Waals surface area contributed by atoms with Crippen LogP contribution in [0.5, 0.6) is 0 Å². The number of aliphatic hydroxyl groups excluding tert-OH is 1. The molecule has 0 unspecified atom stereocenters. The number of carbonyl (C=O) groups is 1. The lowest BCUT2D eigenvalue weighted by Crippen LogP contribution is -2.27. The highest BCUT2D eigenvalue weighted by Gasteiger charge is 2.17. The van der Waals surface area contributed by atoms with Crippen molar-refractivity contribution >= 4 is 5.78 Å². The van der Waals surface area contributed by atoms with Gasteiger partial charge in [0.25, 0.3) is 0 Å². The lowest BCUT2D eigenvalue weighted by molar-refractivity contribution is -0.535. The molecule has 0 spiro atoms. The number of rotatable bonds is 11. The lowest BCUT2D eigenvalue weighted by atomic mass is 10.1. The predicted octanol–water partition coefficient (Wildman–Crippen LogP) is 1.88. The standard InChI is InChI=1S/C13H26N2O4/c1-11(16)8-6-4-5-7-9-15(18)14-13(10-19-3)12(2)17/h12-13,17H,4-10H2,1-3H3/t12-,13-/m0/s1. The Morgan fingerprint density at radius 3 is 2.53 bits per heavy atom. The van der Waals surface area contributed by atoms with Crippen LogP contribution in [0.1, 0.15) is 46.0 Å². The number of aliphatic hydroxyl groups is 1. The molecule has 0 aromatic carbocycles. The summed E-state index contributed by atoms with van der Waals surface area (Å²) >= 11 is 0. The Morgan fingerprint density at radius 1 is 1.37 bits per heavy atom. The Labute approximate surface area is 115 Å². The molecular formula is C13H26N2O4. The molecule has 0 radical (unpaired) electrons. The van der Waals surface area contributed by atoms with Gasteiger partial charge in [0.1, 0.15) is 5.78 Å². The summed E-state index contributed by atoms with van der Waals surface area (Å²) in [5.41, 5.74) is 0. The smallest absolute Gasteiger partial charge is 0.180 e. The summed E-state index contributed by atoms with van der Waals surface area (Å²) < 4.78 is 4.89. The quantitative estimate of drug-likeness (QED) is 0.270. The molecule has 0 aromatic heterocycles. The zero-order valence-corrected chi connectivity index (χ0v) is 12.2. The number of hydrogen-bond donors (Lipinski definition) is 1. The van der Waals surface area contributed by atoms with E-state index in [1.807, 2.05) is 0 Å². The third-order valence-corrected chi connectivity index (χ3v) is 2.80. The molecule has 6 heteroatoms. The van der Waals surface area contributed by atoms with Gasteiger partial charge >= 0.3 is 0 Å². The van der Waals surface area contributed by atoms with Gasteiger partial charge in [-0.3, -0.25) is 0 Å². The maximum Gasteiger partial charge on any atom is 0.180 e. The molecule has 0 saturated heterocycles. The number of azo groups is 1. The molecule has 6 nitrogen and oxygen atoms in total. The van der Waals surface area contributed by atoms with Gasteiger partial charge in [-0.15, -0.1) is 0 Å². The predicted molar refractivity (Wildman–Crippen MR) is 72.0 cm³/mol. The minimum atomic E-state index is -0.702. The van der Waals surface area contributed by atoms with Crippen LogP contribution in [0.3, 0.4) is 0 Å². The van der Waals surface area contributed by atoms with E-state index in [0.29, 0.717) is 17.8 Å². The van der Waals surface area contributed by atoms with Crippen LogP contribution in [-0.4, -0.2) is 48.2 Å². The highest BCUT2D eigenvalue weighted by molar-refractivity contribution is 5.75. The van der Waals surface area contributed by atoms with E-state index >= 15 is 0 Å². The summed E-state index contributed by atoms with van der Waals surface area (Å²) in [5, 5.41) is 24.8. The van der Waals surface area contributed by atoms with Gasteiger partial charge in [0.2, 0.25) is 0 Å². The average Bonchev–Trinajstić information content (AvgIpc) is 2.32. The molecule has 0 aliphatic heterocycles. The average molecular weight is 274 g/mol. The lowest BCUT2D eigenvalue weighted by Gasteiger charge is -2.12. The van der Waals surface area contributed by atoms with Crippen molar-refractivity contribution in [2.75, 3.05) is 20.3 Å². The number of carbonyl (C=O) groups excluding carboxylic acids is 1. The van der Waals surface area contributed by atoms with Crippen LogP contribution >= 0.6 is 0 Å². The summed E-state index contributed by atoms with van der Waals surface area (Å²) in [5.74, 6) is 0.208. The summed E-state index contributed by atoms with van der Waals surface area (Å²) in [4.78, 5) is 11.3. The van der Waals surface area contributed by atoms with Crippen molar-refractivity contribution in [1.82, 2.24) is 0 Å². The maximum absolute atomic E-state index is 11.5. The Morgan fingerprint density at radius 2 is 2.00 bits per heavy atom. The second-order valence-corrected chi connectivity index (χ2v) is 4.82. The molecule has 1 N–H and O–H groups in total. The van der Waals surface area contributed by atoms with Crippen LogP contribution < -0.4 is 0 Å². The van der Waals surface area contributed by atoms with E-state index in [1.54, 1.807) is 13.8 Å². The van der Waals surface area contributed by atoms with Gasteiger partial charge in [-0.25, -0.2) is 0 Å². The number of ketones is 1. The first-order valence-electron chi connectivity index (χ1n) is 6.79. The van der Waals surface area contributed by atoms with Crippen molar-refractivity contribution in [3.63, 3.8) is 0 Å². The number of hydrogen-bond acceptors (Lipinski definition) is 5. The molecule has 0 amide bonds. The molecule has 0 rings (SSSR count). The van der Waals surface area contributed by atoms with Gasteiger partial charge in [0.15, 0.2) is 12.6 Å². The summed E-state index contributed by atoms with van der Waals surface area (Å²) in [6.45, 7) is 3.72. The second kappa shape index (κ2) is 10.9. The third-order valence-electron chi connectivity index (χ3n) is 2.80. The first kappa shape index (κ1) is 18.0. The van der Waals surface area contributed by atoms with E-state index in [2.05, 4.69) is 5.11 Å². The van der Waals surface area contributed by atoms with E-state index in [9.17, 15) is 15.1 Å².